The second kappa shape index (κ2) is 7.78. The van der Waals surface area contributed by atoms with Crippen molar-refractivity contribution in [3.05, 3.63) is 29.7 Å². The Kier molecular flexibility index (Phi) is 5.48. The summed E-state index contributed by atoms with van der Waals surface area (Å²) in [6.45, 7) is 4.25. The summed E-state index contributed by atoms with van der Waals surface area (Å²) >= 11 is 0. The second-order valence-electron chi connectivity index (χ2n) is 6.66. The molecule has 2 aromatic heterocycles. The Morgan fingerprint density at radius 1 is 1.48 bits per heavy atom. The molecule has 6 heteroatoms. The van der Waals surface area contributed by atoms with E-state index in [2.05, 4.69) is 33.4 Å². The zero-order chi connectivity index (χ0) is 17.8. The maximum Gasteiger partial charge on any atom is 0.151 e. The standard InChI is InChI=1S/C19H28N6/c1-4-6-7-14-8-9-16(24-14)17-10-15(13(5-2)11-21-3)18-19(20)22-12-23-25(17)18/h5,10-12,14,16,24H,4,6-9H2,1-3H3,(H2,20,22,23)/b13-5+,21-11?/t14-,16-/m1/s1. The molecule has 1 fully saturated rings. The lowest BCUT2D eigenvalue weighted by atomic mass is 10.1. The average Bonchev–Trinajstić information content (AvgIpc) is 3.23. The van der Waals surface area contributed by atoms with Crippen molar-refractivity contribution in [3.8, 4) is 0 Å². The average molecular weight is 340 g/mol. The molecule has 1 aliphatic rings. The number of anilines is 1. The van der Waals surface area contributed by atoms with Gasteiger partial charge in [-0.25, -0.2) is 9.50 Å². The molecule has 0 saturated carbocycles. The van der Waals surface area contributed by atoms with E-state index in [4.69, 9.17) is 5.73 Å². The SMILES string of the molecule is C/C=C(\C=NC)c1cc([C@H]2CC[C@@H](CCCC)N2)n2ncnc(N)c12. The largest absolute Gasteiger partial charge is 0.382 e. The van der Waals surface area contributed by atoms with Crippen LogP contribution < -0.4 is 11.1 Å². The minimum atomic E-state index is 0.300. The maximum absolute atomic E-state index is 6.19. The topological polar surface area (TPSA) is 80.6 Å². The van der Waals surface area contributed by atoms with E-state index in [1.54, 1.807) is 7.05 Å². The van der Waals surface area contributed by atoms with Gasteiger partial charge in [-0.2, -0.15) is 5.10 Å². The first-order valence-corrected chi connectivity index (χ1v) is 9.16. The normalized spacial score (nSPS) is 21.6. The van der Waals surface area contributed by atoms with Crippen LogP contribution in [0.3, 0.4) is 0 Å². The Hall–Kier alpha value is -2.21. The smallest absolute Gasteiger partial charge is 0.151 e. The third-order valence-corrected chi connectivity index (χ3v) is 5.00. The van der Waals surface area contributed by atoms with Gasteiger partial charge in [-0.05, 0) is 37.8 Å². The van der Waals surface area contributed by atoms with Gasteiger partial charge in [0.1, 0.15) is 11.8 Å². The third kappa shape index (κ3) is 3.44. The zero-order valence-electron chi connectivity index (χ0n) is 15.4. The van der Waals surface area contributed by atoms with E-state index < -0.39 is 0 Å². The van der Waals surface area contributed by atoms with E-state index in [-0.39, 0.29) is 0 Å². The van der Waals surface area contributed by atoms with Gasteiger partial charge < -0.3 is 11.1 Å². The molecule has 2 atom stereocenters. The monoisotopic (exact) mass is 340 g/mol. The van der Waals surface area contributed by atoms with Crippen LogP contribution in [-0.4, -0.2) is 33.9 Å². The van der Waals surface area contributed by atoms with Crippen molar-refractivity contribution in [3.63, 3.8) is 0 Å². The summed E-state index contributed by atoms with van der Waals surface area (Å²) in [5.74, 6) is 0.501. The number of hydrogen-bond acceptors (Lipinski definition) is 5. The maximum atomic E-state index is 6.19. The Bertz CT molecular complexity index is 789. The Balaban J connectivity index is 2.01. The van der Waals surface area contributed by atoms with Gasteiger partial charge >= 0.3 is 0 Å². The molecule has 0 amide bonds. The summed E-state index contributed by atoms with van der Waals surface area (Å²) in [5.41, 5.74) is 10.3. The van der Waals surface area contributed by atoms with Gasteiger partial charge in [0, 0.05) is 30.9 Å². The van der Waals surface area contributed by atoms with Crippen LogP contribution in [-0.2, 0) is 0 Å². The van der Waals surface area contributed by atoms with E-state index in [0.29, 0.717) is 17.9 Å². The van der Waals surface area contributed by atoms with Crippen LogP contribution in [0.4, 0.5) is 5.82 Å². The van der Waals surface area contributed by atoms with Crippen LogP contribution >= 0.6 is 0 Å². The van der Waals surface area contributed by atoms with E-state index in [0.717, 1.165) is 28.8 Å². The quantitative estimate of drug-likeness (QED) is 0.790. The molecule has 1 saturated heterocycles. The Labute approximate surface area is 149 Å². The fraction of sp³-hybridized carbons (Fsp3) is 0.526. The molecule has 0 spiro atoms. The fourth-order valence-electron chi connectivity index (χ4n) is 3.73. The molecule has 1 aliphatic heterocycles. The molecule has 0 aliphatic carbocycles. The first-order valence-electron chi connectivity index (χ1n) is 9.16. The van der Waals surface area contributed by atoms with Crippen LogP contribution in [0, 0.1) is 0 Å². The zero-order valence-corrected chi connectivity index (χ0v) is 15.4. The predicted octanol–water partition coefficient (Wildman–Crippen LogP) is 3.40. The third-order valence-electron chi connectivity index (χ3n) is 5.00. The number of fused-ring (bicyclic) bond motifs is 1. The minimum absolute atomic E-state index is 0.300. The van der Waals surface area contributed by atoms with Gasteiger partial charge in [-0.15, -0.1) is 0 Å². The molecule has 0 radical (unpaired) electrons. The number of aliphatic imine (C=N–C) groups is 1. The second-order valence-corrected chi connectivity index (χ2v) is 6.66. The van der Waals surface area contributed by atoms with Gasteiger partial charge in [0.2, 0.25) is 0 Å². The molecule has 0 unspecified atom stereocenters. The predicted molar refractivity (Wildman–Crippen MR) is 104 cm³/mol. The van der Waals surface area contributed by atoms with Crippen molar-refractivity contribution >= 4 is 23.1 Å². The number of nitrogen functional groups attached to an aromatic ring is 1. The highest BCUT2D eigenvalue weighted by atomic mass is 15.3. The Morgan fingerprint density at radius 3 is 3.04 bits per heavy atom. The van der Waals surface area contributed by atoms with Crippen LogP contribution in [0.2, 0.25) is 0 Å². The molecule has 0 aromatic carbocycles. The molecule has 134 valence electrons. The lowest BCUT2D eigenvalue weighted by Crippen LogP contribution is -2.25. The molecular weight excluding hydrogens is 312 g/mol. The van der Waals surface area contributed by atoms with Crippen molar-refractivity contribution in [2.45, 2.75) is 58.0 Å². The molecule has 2 aromatic rings. The number of nitrogens with two attached hydrogens (primary N) is 1. The molecule has 0 bridgehead atoms. The number of unbranched alkanes of at least 4 members (excludes halogenated alkanes) is 1. The van der Waals surface area contributed by atoms with E-state index >= 15 is 0 Å². The van der Waals surface area contributed by atoms with E-state index in [1.807, 2.05) is 23.7 Å². The van der Waals surface area contributed by atoms with Crippen molar-refractivity contribution < 1.29 is 0 Å². The molecule has 3 heterocycles. The summed E-state index contributed by atoms with van der Waals surface area (Å²) in [6.07, 6.45) is 11.5. The first-order chi connectivity index (χ1) is 12.2. The van der Waals surface area contributed by atoms with Gasteiger partial charge in [-0.3, -0.25) is 4.99 Å². The van der Waals surface area contributed by atoms with Gasteiger partial charge in [0.15, 0.2) is 5.82 Å². The van der Waals surface area contributed by atoms with Crippen molar-refractivity contribution in [1.29, 1.82) is 0 Å². The highest BCUT2D eigenvalue weighted by Crippen LogP contribution is 2.34. The highest BCUT2D eigenvalue weighted by molar-refractivity contribution is 6.13. The van der Waals surface area contributed by atoms with E-state index in [1.165, 1.54) is 32.0 Å². The number of allylic oxidation sites excluding steroid dienone is 2. The number of nitrogens with one attached hydrogen (secondary N) is 1. The fourth-order valence-corrected chi connectivity index (χ4v) is 3.73. The summed E-state index contributed by atoms with van der Waals surface area (Å²) in [5, 5.41) is 8.27. The molecule has 25 heavy (non-hydrogen) atoms. The van der Waals surface area contributed by atoms with Crippen LogP contribution in [0.1, 0.15) is 63.3 Å². The van der Waals surface area contributed by atoms with Crippen LogP contribution in [0.15, 0.2) is 23.5 Å². The molecule has 3 N–H and O–H groups in total. The van der Waals surface area contributed by atoms with E-state index in [9.17, 15) is 0 Å². The van der Waals surface area contributed by atoms with Crippen molar-refractivity contribution in [2.24, 2.45) is 4.99 Å². The number of hydrogen-bond donors (Lipinski definition) is 2. The number of rotatable bonds is 6. The minimum Gasteiger partial charge on any atom is -0.382 e. The van der Waals surface area contributed by atoms with Gasteiger partial charge in [-0.1, -0.05) is 25.8 Å². The summed E-state index contributed by atoms with van der Waals surface area (Å²) in [7, 11) is 1.78. The summed E-state index contributed by atoms with van der Waals surface area (Å²) < 4.78 is 1.95. The van der Waals surface area contributed by atoms with Gasteiger partial charge in [0.05, 0.1) is 5.69 Å². The molecule has 3 rings (SSSR count). The summed E-state index contributed by atoms with van der Waals surface area (Å²) in [6, 6.07) is 3.09. The van der Waals surface area contributed by atoms with Crippen molar-refractivity contribution in [1.82, 2.24) is 19.9 Å². The lowest BCUT2D eigenvalue weighted by molar-refractivity contribution is 0.494. The number of aromatic nitrogens is 3. The lowest BCUT2D eigenvalue weighted by Gasteiger charge is -2.14. The molecular formula is C19H28N6. The Morgan fingerprint density at radius 2 is 2.32 bits per heavy atom. The molecule has 6 nitrogen and oxygen atoms in total. The van der Waals surface area contributed by atoms with Crippen LogP contribution in [0.25, 0.3) is 11.1 Å². The van der Waals surface area contributed by atoms with Crippen molar-refractivity contribution in [2.75, 3.05) is 12.8 Å². The highest BCUT2D eigenvalue weighted by Gasteiger charge is 2.28. The number of nitrogens with zero attached hydrogens (tertiary/aromatic N) is 4. The van der Waals surface area contributed by atoms with Crippen LogP contribution in [0.5, 0.6) is 0 Å². The van der Waals surface area contributed by atoms with Gasteiger partial charge in [0.25, 0.3) is 0 Å². The summed E-state index contributed by atoms with van der Waals surface area (Å²) in [4.78, 5) is 8.37. The first kappa shape index (κ1) is 17.6.